The van der Waals surface area contributed by atoms with Crippen LogP contribution in [0.25, 0.3) is 6.08 Å². The number of aliphatic imine (C=N–C) groups is 1. The maximum Gasteiger partial charge on any atom is 0.344 e. The summed E-state index contributed by atoms with van der Waals surface area (Å²) in [5, 5.41) is 12.5. The SMILES string of the molecule is CCOc1cc(/C=C2/SC(=Nc3ccccc3C)NC2=O)ccc1OC(CC)C(=O)O. The molecule has 1 fully saturated rings. The first kappa shape index (κ1) is 22.4. The van der Waals surface area contributed by atoms with Gasteiger partial charge in [0, 0.05) is 0 Å². The lowest BCUT2D eigenvalue weighted by atomic mass is 10.1. The van der Waals surface area contributed by atoms with Gasteiger partial charge >= 0.3 is 5.97 Å². The molecule has 7 nitrogen and oxygen atoms in total. The van der Waals surface area contributed by atoms with Crippen molar-refractivity contribution < 1.29 is 24.2 Å². The first-order chi connectivity index (χ1) is 14.9. The first-order valence-electron chi connectivity index (χ1n) is 9.92. The number of carboxylic acid groups (broad SMARTS) is 1. The van der Waals surface area contributed by atoms with Crippen molar-refractivity contribution in [3.05, 3.63) is 58.5 Å². The fraction of sp³-hybridized carbons (Fsp3) is 0.261. The summed E-state index contributed by atoms with van der Waals surface area (Å²) in [5.74, 6) is -0.486. The molecule has 1 heterocycles. The summed E-state index contributed by atoms with van der Waals surface area (Å²) in [4.78, 5) is 28.7. The van der Waals surface area contributed by atoms with E-state index in [1.165, 1.54) is 11.8 Å². The van der Waals surface area contributed by atoms with Crippen LogP contribution < -0.4 is 14.8 Å². The molecule has 1 atom stereocenters. The van der Waals surface area contributed by atoms with Crippen molar-refractivity contribution in [1.82, 2.24) is 5.32 Å². The van der Waals surface area contributed by atoms with E-state index in [0.717, 1.165) is 16.8 Å². The van der Waals surface area contributed by atoms with Crippen LogP contribution in [0.4, 0.5) is 5.69 Å². The highest BCUT2D eigenvalue weighted by atomic mass is 32.2. The Morgan fingerprint density at radius 2 is 2.00 bits per heavy atom. The van der Waals surface area contributed by atoms with Gasteiger partial charge in [0.15, 0.2) is 22.8 Å². The smallest absolute Gasteiger partial charge is 0.344 e. The molecule has 3 rings (SSSR count). The van der Waals surface area contributed by atoms with Crippen LogP contribution in [-0.2, 0) is 9.59 Å². The van der Waals surface area contributed by atoms with E-state index in [0.29, 0.717) is 34.6 Å². The topological polar surface area (TPSA) is 97.2 Å². The van der Waals surface area contributed by atoms with Gasteiger partial charge in [0.25, 0.3) is 5.91 Å². The van der Waals surface area contributed by atoms with Gasteiger partial charge in [-0.2, -0.15) is 0 Å². The standard InChI is InChI=1S/C23H24N2O5S/c1-4-17(22(27)28)30-18-11-10-15(12-19(18)29-5-2)13-20-21(26)25-23(31-20)24-16-9-7-6-8-14(16)3/h6-13,17H,4-5H2,1-3H3,(H,27,28)(H,24,25,26)/b20-13+. The number of rotatable bonds is 8. The van der Waals surface area contributed by atoms with Gasteiger partial charge in [-0.15, -0.1) is 0 Å². The van der Waals surface area contributed by atoms with Crippen molar-refractivity contribution in [2.75, 3.05) is 6.61 Å². The minimum atomic E-state index is -1.03. The first-order valence-corrected chi connectivity index (χ1v) is 10.7. The van der Waals surface area contributed by atoms with Gasteiger partial charge in [0.05, 0.1) is 17.2 Å². The minimum absolute atomic E-state index is 0.229. The highest BCUT2D eigenvalue weighted by Gasteiger charge is 2.24. The Kier molecular flexibility index (Phi) is 7.36. The third kappa shape index (κ3) is 5.67. The Hall–Kier alpha value is -3.26. The van der Waals surface area contributed by atoms with Crippen molar-refractivity contribution in [2.45, 2.75) is 33.3 Å². The Morgan fingerprint density at radius 1 is 1.23 bits per heavy atom. The second-order valence-corrected chi connectivity index (χ2v) is 7.79. The molecule has 8 heteroatoms. The summed E-state index contributed by atoms with van der Waals surface area (Å²) in [6.45, 7) is 5.93. The van der Waals surface area contributed by atoms with E-state index in [-0.39, 0.29) is 5.91 Å². The van der Waals surface area contributed by atoms with E-state index in [4.69, 9.17) is 9.47 Å². The maximum atomic E-state index is 12.4. The molecule has 0 aliphatic carbocycles. The summed E-state index contributed by atoms with van der Waals surface area (Å²) in [7, 11) is 0. The lowest BCUT2D eigenvalue weighted by molar-refractivity contribution is -0.145. The maximum absolute atomic E-state index is 12.4. The highest BCUT2D eigenvalue weighted by molar-refractivity contribution is 8.18. The van der Waals surface area contributed by atoms with E-state index >= 15 is 0 Å². The van der Waals surface area contributed by atoms with Crippen molar-refractivity contribution in [2.24, 2.45) is 4.99 Å². The number of carboxylic acids is 1. The molecule has 1 aliphatic heterocycles. The molecule has 1 amide bonds. The molecule has 2 aromatic rings. The van der Waals surface area contributed by atoms with Crippen LogP contribution in [-0.4, -0.2) is 34.9 Å². The largest absolute Gasteiger partial charge is 0.490 e. The van der Waals surface area contributed by atoms with E-state index in [1.807, 2.05) is 38.1 Å². The van der Waals surface area contributed by atoms with E-state index in [9.17, 15) is 14.7 Å². The Morgan fingerprint density at radius 3 is 2.68 bits per heavy atom. The van der Waals surface area contributed by atoms with Gasteiger partial charge in [-0.3, -0.25) is 4.79 Å². The molecule has 1 saturated heterocycles. The van der Waals surface area contributed by atoms with Crippen molar-refractivity contribution in [1.29, 1.82) is 0 Å². The number of ether oxygens (including phenoxy) is 2. The van der Waals surface area contributed by atoms with Gasteiger partial charge in [0.2, 0.25) is 0 Å². The number of nitrogens with one attached hydrogen (secondary N) is 1. The Balaban J connectivity index is 1.84. The van der Waals surface area contributed by atoms with Crippen molar-refractivity contribution in [3.8, 4) is 11.5 Å². The van der Waals surface area contributed by atoms with Crippen LogP contribution in [0, 0.1) is 6.92 Å². The fourth-order valence-electron chi connectivity index (χ4n) is 2.87. The molecular formula is C23H24N2O5S. The molecule has 2 aromatic carbocycles. The predicted molar refractivity (Wildman–Crippen MR) is 122 cm³/mol. The van der Waals surface area contributed by atoms with E-state index in [2.05, 4.69) is 10.3 Å². The monoisotopic (exact) mass is 440 g/mol. The normalized spacial score (nSPS) is 16.9. The minimum Gasteiger partial charge on any atom is -0.490 e. The zero-order chi connectivity index (χ0) is 22.4. The number of hydrogen-bond acceptors (Lipinski definition) is 6. The molecule has 0 radical (unpaired) electrons. The summed E-state index contributed by atoms with van der Waals surface area (Å²) in [6, 6.07) is 12.8. The molecule has 31 heavy (non-hydrogen) atoms. The van der Waals surface area contributed by atoms with E-state index in [1.54, 1.807) is 31.2 Å². The number of hydrogen-bond donors (Lipinski definition) is 2. The molecule has 0 spiro atoms. The van der Waals surface area contributed by atoms with Gasteiger partial charge in [-0.1, -0.05) is 31.2 Å². The summed E-state index contributed by atoms with van der Waals surface area (Å²) >= 11 is 1.26. The van der Waals surface area contributed by atoms with Crippen LogP contribution in [0.5, 0.6) is 11.5 Å². The number of aliphatic carboxylic acids is 1. The Labute approximate surface area is 185 Å². The van der Waals surface area contributed by atoms with Crippen LogP contribution in [0.3, 0.4) is 0 Å². The molecular weight excluding hydrogens is 416 g/mol. The molecule has 162 valence electrons. The highest BCUT2D eigenvalue weighted by Crippen LogP contribution is 2.33. The van der Waals surface area contributed by atoms with Crippen molar-refractivity contribution >= 4 is 40.6 Å². The number of amides is 1. The predicted octanol–water partition coefficient (Wildman–Crippen LogP) is 4.53. The number of nitrogens with zero attached hydrogens (tertiary/aromatic N) is 1. The average Bonchev–Trinajstić information content (AvgIpc) is 3.08. The molecule has 0 saturated carbocycles. The lowest BCUT2D eigenvalue weighted by Crippen LogP contribution is -2.26. The number of benzene rings is 2. The number of aryl methyl sites for hydroxylation is 1. The van der Waals surface area contributed by atoms with Crippen LogP contribution in [0.1, 0.15) is 31.4 Å². The van der Waals surface area contributed by atoms with Gasteiger partial charge < -0.3 is 19.9 Å². The third-order valence-corrected chi connectivity index (χ3v) is 5.38. The van der Waals surface area contributed by atoms with Crippen LogP contribution in [0.2, 0.25) is 0 Å². The lowest BCUT2D eigenvalue weighted by Gasteiger charge is -2.16. The summed E-state index contributed by atoms with van der Waals surface area (Å²) in [6.07, 6.45) is 1.10. The average molecular weight is 441 g/mol. The fourth-order valence-corrected chi connectivity index (χ4v) is 3.71. The summed E-state index contributed by atoms with van der Waals surface area (Å²) in [5.41, 5.74) is 2.55. The molecule has 0 aromatic heterocycles. The Bertz CT molecular complexity index is 1050. The number of carbonyl (C=O) groups is 2. The van der Waals surface area contributed by atoms with E-state index < -0.39 is 12.1 Å². The number of para-hydroxylation sites is 1. The van der Waals surface area contributed by atoms with Gasteiger partial charge in [-0.25, -0.2) is 9.79 Å². The number of amidine groups is 1. The number of carbonyl (C=O) groups excluding carboxylic acids is 1. The van der Waals surface area contributed by atoms with Crippen molar-refractivity contribution in [3.63, 3.8) is 0 Å². The second kappa shape index (κ2) is 10.2. The quantitative estimate of drug-likeness (QED) is 0.586. The van der Waals surface area contributed by atoms with Gasteiger partial charge in [0.1, 0.15) is 0 Å². The zero-order valence-corrected chi connectivity index (χ0v) is 18.4. The molecule has 1 aliphatic rings. The molecule has 1 unspecified atom stereocenters. The zero-order valence-electron chi connectivity index (χ0n) is 17.5. The third-order valence-electron chi connectivity index (χ3n) is 4.47. The van der Waals surface area contributed by atoms with Gasteiger partial charge in [-0.05, 0) is 67.4 Å². The molecule has 2 N–H and O–H groups in total. The second-order valence-electron chi connectivity index (χ2n) is 6.76. The molecule has 0 bridgehead atoms. The summed E-state index contributed by atoms with van der Waals surface area (Å²) < 4.78 is 11.2. The van der Waals surface area contributed by atoms with Crippen LogP contribution >= 0.6 is 11.8 Å². The number of thioether (sulfide) groups is 1. The van der Waals surface area contributed by atoms with Crippen LogP contribution in [0.15, 0.2) is 52.4 Å².